The number of H-pyrrole nitrogens is 1. The molecule has 2 aromatic rings. The molecule has 0 bridgehead atoms. The summed E-state index contributed by atoms with van der Waals surface area (Å²) in [5.74, 6) is 1.75. The van der Waals surface area contributed by atoms with Crippen LogP contribution in [-0.2, 0) is 11.2 Å². The average Bonchev–Trinajstić information content (AvgIpc) is 3.17. The number of carbonyl (C=O) groups is 1. The minimum absolute atomic E-state index is 0.0849. The standard InChI is InChI=1S/C15H19N5O/c16-9-11-6-7-20(10-11)14(21)8-13-17-15(19-18-13)12-4-2-1-3-5-12/h1-5,11H,6-10,16H2,(H,17,18,19). The molecule has 0 spiro atoms. The van der Waals surface area contributed by atoms with Gasteiger partial charge in [-0.3, -0.25) is 9.89 Å². The van der Waals surface area contributed by atoms with Gasteiger partial charge in [-0.05, 0) is 18.9 Å². The number of nitrogens with one attached hydrogen (secondary N) is 1. The van der Waals surface area contributed by atoms with Crippen molar-refractivity contribution in [2.24, 2.45) is 11.7 Å². The molecule has 6 heteroatoms. The quantitative estimate of drug-likeness (QED) is 0.870. The van der Waals surface area contributed by atoms with Crippen molar-refractivity contribution in [3.63, 3.8) is 0 Å². The molecule has 1 amide bonds. The number of benzene rings is 1. The Morgan fingerprint density at radius 2 is 2.19 bits per heavy atom. The molecule has 21 heavy (non-hydrogen) atoms. The molecule has 1 aromatic carbocycles. The smallest absolute Gasteiger partial charge is 0.230 e. The zero-order chi connectivity index (χ0) is 14.7. The molecule has 0 radical (unpaired) electrons. The van der Waals surface area contributed by atoms with E-state index >= 15 is 0 Å². The van der Waals surface area contributed by atoms with E-state index in [9.17, 15) is 4.79 Å². The molecule has 0 saturated carbocycles. The van der Waals surface area contributed by atoms with E-state index in [0.717, 1.165) is 25.1 Å². The number of nitrogens with zero attached hydrogens (tertiary/aromatic N) is 3. The highest BCUT2D eigenvalue weighted by atomic mass is 16.2. The fourth-order valence-corrected chi connectivity index (χ4v) is 2.60. The Bertz CT molecular complexity index is 610. The topological polar surface area (TPSA) is 87.9 Å². The predicted molar refractivity (Wildman–Crippen MR) is 79.3 cm³/mol. The Balaban J connectivity index is 1.64. The maximum atomic E-state index is 12.2. The summed E-state index contributed by atoms with van der Waals surface area (Å²) < 4.78 is 0. The zero-order valence-corrected chi connectivity index (χ0v) is 11.8. The number of aromatic nitrogens is 3. The molecule has 0 aliphatic carbocycles. The Kier molecular flexibility index (Phi) is 3.96. The minimum atomic E-state index is 0.0849. The third-order valence-electron chi connectivity index (χ3n) is 3.85. The molecule has 1 aliphatic heterocycles. The van der Waals surface area contributed by atoms with E-state index in [-0.39, 0.29) is 12.3 Å². The zero-order valence-electron chi connectivity index (χ0n) is 11.8. The van der Waals surface area contributed by atoms with E-state index in [1.54, 1.807) is 0 Å². The van der Waals surface area contributed by atoms with Crippen molar-refractivity contribution in [3.05, 3.63) is 36.2 Å². The molecule has 6 nitrogen and oxygen atoms in total. The van der Waals surface area contributed by atoms with Crippen molar-refractivity contribution in [2.45, 2.75) is 12.8 Å². The second-order valence-corrected chi connectivity index (χ2v) is 5.38. The van der Waals surface area contributed by atoms with Crippen LogP contribution in [0.4, 0.5) is 0 Å². The number of rotatable bonds is 4. The maximum Gasteiger partial charge on any atom is 0.230 e. The summed E-state index contributed by atoms with van der Waals surface area (Å²) >= 11 is 0. The molecule has 1 atom stereocenters. The van der Waals surface area contributed by atoms with Crippen LogP contribution < -0.4 is 5.73 Å². The second-order valence-electron chi connectivity index (χ2n) is 5.38. The SMILES string of the molecule is NCC1CCN(C(=O)Cc2nc(-c3ccccc3)n[nH]2)C1. The van der Waals surface area contributed by atoms with Crippen LogP contribution in [-0.4, -0.2) is 45.6 Å². The normalized spacial score (nSPS) is 18.1. The molecule has 3 N–H and O–H groups in total. The van der Waals surface area contributed by atoms with Crippen LogP contribution >= 0.6 is 0 Å². The minimum Gasteiger partial charge on any atom is -0.342 e. The molecule has 2 heterocycles. The largest absolute Gasteiger partial charge is 0.342 e. The van der Waals surface area contributed by atoms with Crippen LogP contribution in [0.3, 0.4) is 0 Å². The molecule has 3 rings (SSSR count). The van der Waals surface area contributed by atoms with Crippen LogP contribution in [0.2, 0.25) is 0 Å². The monoisotopic (exact) mass is 285 g/mol. The highest BCUT2D eigenvalue weighted by Gasteiger charge is 2.25. The van der Waals surface area contributed by atoms with Gasteiger partial charge in [-0.1, -0.05) is 30.3 Å². The lowest BCUT2D eigenvalue weighted by Gasteiger charge is -2.15. The highest BCUT2D eigenvalue weighted by Crippen LogP contribution is 2.17. The summed E-state index contributed by atoms with van der Waals surface area (Å²) in [6.45, 7) is 2.19. The Labute approximate surface area is 123 Å². The summed E-state index contributed by atoms with van der Waals surface area (Å²) in [6.07, 6.45) is 1.25. The van der Waals surface area contributed by atoms with Crippen LogP contribution in [0.15, 0.2) is 30.3 Å². The second kappa shape index (κ2) is 6.05. The maximum absolute atomic E-state index is 12.2. The van der Waals surface area contributed by atoms with Crippen molar-refractivity contribution in [2.75, 3.05) is 19.6 Å². The molecule has 1 unspecified atom stereocenters. The number of aromatic amines is 1. The van der Waals surface area contributed by atoms with E-state index in [1.165, 1.54) is 0 Å². The fourth-order valence-electron chi connectivity index (χ4n) is 2.60. The number of hydrogen-bond acceptors (Lipinski definition) is 4. The molecule has 1 saturated heterocycles. The van der Waals surface area contributed by atoms with Gasteiger partial charge in [0.1, 0.15) is 5.82 Å². The average molecular weight is 285 g/mol. The van der Waals surface area contributed by atoms with Crippen LogP contribution in [0.1, 0.15) is 12.2 Å². The highest BCUT2D eigenvalue weighted by molar-refractivity contribution is 5.78. The van der Waals surface area contributed by atoms with E-state index in [2.05, 4.69) is 15.2 Å². The fraction of sp³-hybridized carbons (Fsp3) is 0.400. The molecular weight excluding hydrogens is 266 g/mol. The van der Waals surface area contributed by atoms with Crippen molar-refractivity contribution >= 4 is 5.91 Å². The van der Waals surface area contributed by atoms with E-state index in [1.807, 2.05) is 35.2 Å². The third-order valence-corrected chi connectivity index (χ3v) is 3.85. The van der Waals surface area contributed by atoms with Gasteiger partial charge in [-0.15, -0.1) is 0 Å². The first-order valence-electron chi connectivity index (χ1n) is 7.21. The van der Waals surface area contributed by atoms with Gasteiger partial charge in [-0.25, -0.2) is 4.98 Å². The van der Waals surface area contributed by atoms with Crippen LogP contribution in [0, 0.1) is 5.92 Å². The van der Waals surface area contributed by atoms with Crippen molar-refractivity contribution in [1.29, 1.82) is 0 Å². The van der Waals surface area contributed by atoms with Gasteiger partial charge in [0.2, 0.25) is 5.91 Å². The summed E-state index contributed by atoms with van der Waals surface area (Å²) in [4.78, 5) is 18.5. The van der Waals surface area contributed by atoms with E-state index in [4.69, 9.17) is 5.73 Å². The summed E-state index contributed by atoms with van der Waals surface area (Å²) in [6, 6.07) is 9.71. The molecule has 110 valence electrons. The van der Waals surface area contributed by atoms with Gasteiger partial charge < -0.3 is 10.6 Å². The third kappa shape index (κ3) is 3.11. The van der Waals surface area contributed by atoms with Gasteiger partial charge in [-0.2, -0.15) is 5.10 Å². The molecule has 1 aliphatic rings. The Morgan fingerprint density at radius 3 is 2.90 bits per heavy atom. The first-order chi connectivity index (χ1) is 10.3. The van der Waals surface area contributed by atoms with Crippen LogP contribution in [0.5, 0.6) is 0 Å². The molecule has 1 fully saturated rings. The van der Waals surface area contributed by atoms with Gasteiger partial charge in [0.25, 0.3) is 0 Å². The lowest BCUT2D eigenvalue weighted by molar-refractivity contribution is -0.129. The summed E-state index contributed by atoms with van der Waals surface area (Å²) in [7, 11) is 0. The number of amides is 1. The number of hydrogen-bond donors (Lipinski definition) is 2. The Morgan fingerprint density at radius 1 is 1.38 bits per heavy atom. The first-order valence-corrected chi connectivity index (χ1v) is 7.21. The molecular formula is C15H19N5O. The van der Waals surface area contributed by atoms with Gasteiger partial charge in [0, 0.05) is 18.7 Å². The number of carbonyl (C=O) groups excluding carboxylic acids is 1. The van der Waals surface area contributed by atoms with Crippen molar-refractivity contribution in [3.8, 4) is 11.4 Å². The van der Waals surface area contributed by atoms with Gasteiger partial charge >= 0.3 is 0 Å². The molecule has 1 aromatic heterocycles. The lowest BCUT2D eigenvalue weighted by atomic mass is 10.1. The van der Waals surface area contributed by atoms with Crippen molar-refractivity contribution < 1.29 is 4.79 Å². The lowest BCUT2D eigenvalue weighted by Crippen LogP contribution is -2.31. The van der Waals surface area contributed by atoms with E-state index < -0.39 is 0 Å². The van der Waals surface area contributed by atoms with E-state index in [0.29, 0.717) is 24.1 Å². The predicted octanol–water partition coefficient (Wildman–Crippen LogP) is 0.821. The number of nitrogens with two attached hydrogens (primary N) is 1. The van der Waals surface area contributed by atoms with Gasteiger partial charge in [0.05, 0.1) is 6.42 Å². The summed E-state index contributed by atoms with van der Waals surface area (Å²) in [5, 5.41) is 7.02. The van der Waals surface area contributed by atoms with Gasteiger partial charge in [0.15, 0.2) is 5.82 Å². The van der Waals surface area contributed by atoms with Crippen molar-refractivity contribution in [1.82, 2.24) is 20.1 Å². The summed E-state index contributed by atoms with van der Waals surface area (Å²) in [5.41, 5.74) is 6.59. The first kappa shape index (κ1) is 13.8. The van der Waals surface area contributed by atoms with Crippen LogP contribution in [0.25, 0.3) is 11.4 Å². The Hall–Kier alpha value is -2.21. The number of likely N-dealkylation sites (tertiary alicyclic amines) is 1.